The van der Waals surface area contributed by atoms with Crippen LogP contribution in [0.4, 0.5) is 18.0 Å². The number of ether oxygens (including phenoxy) is 2. The first-order valence-corrected chi connectivity index (χ1v) is 9.91. The van der Waals surface area contributed by atoms with Crippen LogP contribution in [0.5, 0.6) is 11.5 Å². The van der Waals surface area contributed by atoms with Gasteiger partial charge >= 0.3 is 12.2 Å². The molecule has 170 valence electrons. The number of hydrogen-bond acceptors (Lipinski definition) is 5. The van der Waals surface area contributed by atoms with Crippen molar-refractivity contribution in [2.24, 2.45) is 0 Å². The van der Waals surface area contributed by atoms with Crippen molar-refractivity contribution >= 4 is 17.8 Å². The van der Waals surface area contributed by atoms with E-state index in [4.69, 9.17) is 9.47 Å². The van der Waals surface area contributed by atoms with Gasteiger partial charge in [-0.05, 0) is 31.0 Å². The first kappa shape index (κ1) is 22.7. The SMILES string of the molecule is COc1ccc(C(=O)NC2(C(F)(F)F)NC(=O)N(C3CCCCCC3)C2=O)cc1OC. The highest BCUT2D eigenvalue weighted by molar-refractivity contribution is 6.10. The molecular formula is C20H24F3N3O5. The number of urea groups is 1. The average Bonchev–Trinajstić information content (AvgIpc) is 2.90. The first-order valence-electron chi connectivity index (χ1n) is 9.91. The van der Waals surface area contributed by atoms with Gasteiger partial charge in [-0.1, -0.05) is 25.7 Å². The molecule has 2 fully saturated rings. The minimum atomic E-state index is -5.26. The van der Waals surface area contributed by atoms with Gasteiger partial charge in [-0.25, -0.2) is 4.79 Å². The van der Waals surface area contributed by atoms with Gasteiger partial charge in [0, 0.05) is 11.6 Å². The molecule has 11 heteroatoms. The number of amides is 4. The second kappa shape index (κ2) is 8.64. The summed E-state index contributed by atoms with van der Waals surface area (Å²) >= 11 is 0. The minimum absolute atomic E-state index is 0.123. The van der Waals surface area contributed by atoms with E-state index < -0.39 is 35.7 Å². The quantitative estimate of drug-likeness (QED) is 0.539. The molecule has 1 aromatic rings. The summed E-state index contributed by atoms with van der Waals surface area (Å²) in [6.45, 7) is 0. The predicted octanol–water partition coefficient (Wildman–Crippen LogP) is 2.97. The van der Waals surface area contributed by atoms with Crippen LogP contribution in [0, 0.1) is 0 Å². The number of rotatable bonds is 5. The van der Waals surface area contributed by atoms with E-state index in [1.54, 1.807) is 10.6 Å². The molecule has 0 radical (unpaired) electrons. The fraction of sp³-hybridized carbons (Fsp3) is 0.550. The Morgan fingerprint density at radius 1 is 1.10 bits per heavy atom. The van der Waals surface area contributed by atoms with Crippen molar-refractivity contribution in [2.45, 2.75) is 56.4 Å². The zero-order chi connectivity index (χ0) is 22.8. The lowest BCUT2D eigenvalue weighted by molar-refractivity contribution is -0.200. The summed E-state index contributed by atoms with van der Waals surface area (Å²) in [4.78, 5) is 38.7. The largest absolute Gasteiger partial charge is 0.493 e. The van der Waals surface area contributed by atoms with Crippen LogP contribution < -0.4 is 20.1 Å². The van der Waals surface area contributed by atoms with Crippen LogP contribution in [0.1, 0.15) is 48.9 Å². The summed E-state index contributed by atoms with van der Waals surface area (Å²) in [7, 11) is 2.67. The molecule has 8 nitrogen and oxygen atoms in total. The summed E-state index contributed by atoms with van der Waals surface area (Å²) in [5.41, 5.74) is -3.74. The van der Waals surface area contributed by atoms with Crippen LogP contribution >= 0.6 is 0 Å². The van der Waals surface area contributed by atoms with E-state index in [1.165, 1.54) is 32.4 Å². The third-order valence-corrected chi connectivity index (χ3v) is 5.61. The third kappa shape index (κ3) is 4.13. The van der Waals surface area contributed by atoms with E-state index in [0.29, 0.717) is 30.6 Å². The molecule has 1 unspecified atom stereocenters. The van der Waals surface area contributed by atoms with Gasteiger partial charge in [0.25, 0.3) is 17.5 Å². The summed E-state index contributed by atoms with van der Waals surface area (Å²) in [6, 6.07) is 1.95. The highest BCUT2D eigenvalue weighted by atomic mass is 19.4. The number of carbonyl (C=O) groups is 3. The number of hydrogen-bond donors (Lipinski definition) is 2. The van der Waals surface area contributed by atoms with E-state index in [9.17, 15) is 27.6 Å². The maximum absolute atomic E-state index is 14.1. The Labute approximate surface area is 177 Å². The van der Waals surface area contributed by atoms with Crippen LogP contribution in [0.3, 0.4) is 0 Å². The third-order valence-electron chi connectivity index (χ3n) is 5.61. The summed E-state index contributed by atoms with van der Waals surface area (Å²) in [5.74, 6) is -2.33. The number of imide groups is 1. The molecule has 1 aromatic carbocycles. The number of alkyl halides is 3. The van der Waals surface area contributed by atoms with Crippen LogP contribution in [0.15, 0.2) is 18.2 Å². The number of carbonyl (C=O) groups excluding carboxylic acids is 3. The maximum Gasteiger partial charge on any atom is 0.440 e. The fourth-order valence-corrected chi connectivity index (χ4v) is 3.96. The van der Waals surface area contributed by atoms with Crippen LogP contribution in [-0.4, -0.2) is 54.8 Å². The highest BCUT2D eigenvalue weighted by Gasteiger charge is 2.69. The molecule has 2 aliphatic rings. The summed E-state index contributed by atoms with van der Waals surface area (Å²) < 4.78 is 52.3. The molecule has 1 heterocycles. The second-order valence-electron chi connectivity index (χ2n) is 7.52. The average molecular weight is 443 g/mol. The Kier molecular flexibility index (Phi) is 6.33. The van der Waals surface area contributed by atoms with Crippen molar-refractivity contribution < 1.29 is 37.0 Å². The van der Waals surface area contributed by atoms with Crippen LogP contribution in [0.2, 0.25) is 0 Å². The molecule has 1 saturated heterocycles. The van der Waals surface area contributed by atoms with Gasteiger partial charge in [-0.2, -0.15) is 13.2 Å². The zero-order valence-electron chi connectivity index (χ0n) is 17.2. The number of halogens is 3. The van der Waals surface area contributed by atoms with Gasteiger partial charge in [-0.3, -0.25) is 19.8 Å². The Bertz CT molecular complexity index is 868. The molecule has 0 aromatic heterocycles. The van der Waals surface area contributed by atoms with Crippen LogP contribution in [0.25, 0.3) is 0 Å². The lowest BCUT2D eigenvalue weighted by Gasteiger charge is -2.31. The van der Waals surface area contributed by atoms with E-state index in [0.717, 1.165) is 12.8 Å². The smallest absolute Gasteiger partial charge is 0.440 e. The molecule has 3 rings (SSSR count). The molecule has 1 saturated carbocycles. The molecule has 31 heavy (non-hydrogen) atoms. The lowest BCUT2D eigenvalue weighted by atomic mass is 10.0. The van der Waals surface area contributed by atoms with E-state index in [2.05, 4.69) is 0 Å². The predicted molar refractivity (Wildman–Crippen MR) is 103 cm³/mol. The fourth-order valence-electron chi connectivity index (χ4n) is 3.96. The summed E-state index contributed by atoms with van der Waals surface area (Å²) in [5, 5.41) is 3.42. The van der Waals surface area contributed by atoms with Gasteiger partial charge in [0.15, 0.2) is 11.5 Å². The van der Waals surface area contributed by atoms with Crippen molar-refractivity contribution in [3.8, 4) is 11.5 Å². The topological polar surface area (TPSA) is 97.0 Å². The molecule has 1 aliphatic carbocycles. The van der Waals surface area contributed by atoms with Crippen molar-refractivity contribution in [3.63, 3.8) is 0 Å². The van der Waals surface area contributed by atoms with E-state index >= 15 is 0 Å². The van der Waals surface area contributed by atoms with E-state index in [1.807, 2.05) is 0 Å². The number of methoxy groups -OCH3 is 2. The molecule has 0 spiro atoms. The molecular weight excluding hydrogens is 419 g/mol. The van der Waals surface area contributed by atoms with Crippen molar-refractivity contribution in [3.05, 3.63) is 23.8 Å². The lowest BCUT2D eigenvalue weighted by Crippen LogP contribution is -2.69. The number of benzene rings is 1. The molecule has 0 bridgehead atoms. The standard InChI is InChI=1S/C20H24F3N3O5/c1-30-14-10-9-12(11-15(14)31-2)16(27)24-19(20(21,22)23)17(28)26(18(29)25-19)13-7-5-3-4-6-8-13/h9-11,13H,3-8H2,1-2H3,(H,24,27)(H,25,29). The normalized spacial score (nSPS) is 22.7. The highest BCUT2D eigenvalue weighted by Crippen LogP contribution is 2.37. The first-order chi connectivity index (χ1) is 14.6. The van der Waals surface area contributed by atoms with Gasteiger partial charge in [0.05, 0.1) is 14.2 Å². The molecule has 1 aliphatic heterocycles. The van der Waals surface area contributed by atoms with Crippen molar-refractivity contribution in [2.75, 3.05) is 14.2 Å². The number of nitrogens with one attached hydrogen (secondary N) is 2. The maximum atomic E-state index is 14.1. The van der Waals surface area contributed by atoms with Crippen LogP contribution in [-0.2, 0) is 4.79 Å². The van der Waals surface area contributed by atoms with Crippen molar-refractivity contribution in [1.82, 2.24) is 15.5 Å². The van der Waals surface area contributed by atoms with Gasteiger partial charge in [-0.15, -0.1) is 0 Å². The van der Waals surface area contributed by atoms with Crippen molar-refractivity contribution in [1.29, 1.82) is 0 Å². The minimum Gasteiger partial charge on any atom is -0.493 e. The number of nitrogens with zero attached hydrogens (tertiary/aromatic N) is 1. The second-order valence-corrected chi connectivity index (χ2v) is 7.52. The monoisotopic (exact) mass is 443 g/mol. The summed E-state index contributed by atoms with van der Waals surface area (Å²) in [6.07, 6.45) is -1.21. The molecule has 1 atom stereocenters. The Morgan fingerprint density at radius 3 is 2.26 bits per heavy atom. The van der Waals surface area contributed by atoms with Gasteiger partial charge in [0.2, 0.25) is 0 Å². The molecule has 4 amide bonds. The Balaban J connectivity index is 1.92. The Morgan fingerprint density at radius 2 is 1.71 bits per heavy atom. The zero-order valence-corrected chi connectivity index (χ0v) is 17.2. The Hall–Kier alpha value is -2.98. The molecule has 2 N–H and O–H groups in total. The van der Waals surface area contributed by atoms with Gasteiger partial charge < -0.3 is 14.8 Å². The van der Waals surface area contributed by atoms with Gasteiger partial charge in [0.1, 0.15) is 0 Å². The van der Waals surface area contributed by atoms with E-state index in [-0.39, 0.29) is 17.1 Å².